The number of methoxy groups -OCH3 is 2. The maximum Gasteiger partial charge on any atom is 0.238 e. The van der Waals surface area contributed by atoms with E-state index in [1.54, 1.807) is 32.4 Å². The van der Waals surface area contributed by atoms with Crippen LogP contribution in [-0.4, -0.2) is 92.6 Å². The number of ether oxygens (including phenoxy) is 2. The van der Waals surface area contributed by atoms with Crippen LogP contribution in [0.5, 0.6) is 11.5 Å². The monoisotopic (exact) mass is 418 g/mol. The molecular formula is C22H34N4O4. The van der Waals surface area contributed by atoms with Gasteiger partial charge in [-0.2, -0.15) is 0 Å². The van der Waals surface area contributed by atoms with Gasteiger partial charge in [0.15, 0.2) is 0 Å². The van der Waals surface area contributed by atoms with Crippen molar-refractivity contribution in [2.24, 2.45) is 0 Å². The third-order valence-corrected chi connectivity index (χ3v) is 6.00. The molecule has 0 radical (unpaired) electrons. The minimum atomic E-state index is -0.0896. The summed E-state index contributed by atoms with van der Waals surface area (Å²) in [5.74, 6) is 1.40. The Morgan fingerprint density at radius 2 is 1.70 bits per heavy atom. The Labute approximate surface area is 179 Å². The second kappa shape index (κ2) is 10.6. The smallest absolute Gasteiger partial charge is 0.238 e. The molecule has 1 aromatic rings. The van der Waals surface area contributed by atoms with Crippen molar-refractivity contribution >= 4 is 17.5 Å². The second-order valence-corrected chi connectivity index (χ2v) is 8.10. The SMILES string of the molecule is COc1ccc(OC)c(NC(=O)CN2CCN(CC(=O)N3CCCC[C@@H]3C)CC2)c1. The van der Waals surface area contributed by atoms with Gasteiger partial charge in [-0.05, 0) is 38.3 Å². The van der Waals surface area contributed by atoms with Gasteiger partial charge in [-0.25, -0.2) is 0 Å². The molecule has 0 spiro atoms. The third kappa shape index (κ3) is 5.86. The lowest BCUT2D eigenvalue weighted by Crippen LogP contribution is -2.53. The number of anilines is 1. The molecule has 30 heavy (non-hydrogen) atoms. The molecule has 2 saturated heterocycles. The number of nitrogens with zero attached hydrogens (tertiary/aromatic N) is 3. The van der Waals surface area contributed by atoms with Gasteiger partial charge in [0, 0.05) is 44.8 Å². The molecular weight excluding hydrogens is 384 g/mol. The molecule has 2 heterocycles. The number of rotatable bonds is 7. The van der Waals surface area contributed by atoms with E-state index in [4.69, 9.17) is 9.47 Å². The first-order valence-electron chi connectivity index (χ1n) is 10.8. The summed E-state index contributed by atoms with van der Waals surface area (Å²) in [5.41, 5.74) is 0.599. The highest BCUT2D eigenvalue weighted by molar-refractivity contribution is 5.94. The molecule has 3 rings (SSSR count). The molecule has 0 bridgehead atoms. The van der Waals surface area contributed by atoms with Gasteiger partial charge in [0.25, 0.3) is 0 Å². The number of carbonyl (C=O) groups is 2. The van der Waals surface area contributed by atoms with E-state index in [9.17, 15) is 9.59 Å². The summed E-state index contributed by atoms with van der Waals surface area (Å²) >= 11 is 0. The number of amides is 2. The summed E-state index contributed by atoms with van der Waals surface area (Å²) in [6, 6.07) is 5.67. The normalized spacial score (nSPS) is 20.6. The Morgan fingerprint density at radius 3 is 2.33 bits per heavy atom. The molecule has 1 atom stereocenters. The second-order valence-electron chi connectivity index (χ2n) is 8.10. The van der Waals surface area contributed by atoms with Crippen LogP contribution in [0.25, 0.3) is 0 Å². The fourth-order valence-corrected chi connectivity index (χ4v) is 4.16. The van der Waals surface area contributed by atoms with Crippen LogP contribution >= 0.6 is 0 Å². The molecule has 2 aliphatic rings. The Kier molecular flexibility index (Phi) is 7.93. The van der Waals surface area contributed by atoms with Gasteiger partial charge in [-0.15, -0.1) is 0 Å². The van der Waals surface area contributed by atoms with Gasteiger partial charge in [-0.1, -0.05) is 0 Å². The van der Waals surface area contributed by atoms with Crippen LogP contribution in [0.2, 0.25) is 0 Å². The van der Waals surface area contributed by atoms with Crippen molar-refractivity contribution in [3.8, 4) is 11.5 Å². The van der Waals surface area contributed by atoms with Crippen LogP contribution in [0.3, 0.4) is 0 Å². The van der Waals surface area contributed by atoms with Gasteiger partial charge in [0.05, 0.1) is 33.0 Å². The van der Waals surface area contributed by atoms with Gasteiger partial charge in [0.1, 0.15) is 11.5 Å². The van der Waals surface area contributed by atoms with Crippen molar-refractivity contribution in [2.75, 3.05) is 65.3 Å². The molecule has 2 amide bonds. The van der Waals surface area contributed by atoms with E-state index in [2.05, 4.69) is 22.0 Å². The van der Waals surface area contributed by atoms with Crippen molar-refractivity contribution in [1.82, 2.24) is 14.7 Å². The van der Waals surface area contributed by atoms with E-state index >= 15 is 0 Å². The molecule has 1 aromatic carbocycles. The van der Waals surface area contributed by atoms with Crippen molar-refractivity contribution < 1.29 is 19.1 Å². The van der Waals surface area contributed by atoms with Crippen molar-refractivity contribution in [3.63, 3.8) is 0 Å². The number of hydrogen-bond donors (Lipinski definition) is 1. The number of hydrogen-bond acceptors (Lipinski definition) is 6. The lowest BCUT2D eigenvalue weighted by atomic mass is 10.0. The van der Waals surface area contributed by atoms with E-state index in [-0.39, 0.29) is 11.8 Å². The van der Waals surface area contributed by atoms with Gasteiger partial charge in [-0.3, -0.25) is 19.4 Å². The predicted octanol–water partition coefficient (Wildman–Crippen LogP) is 1.66. The lowest BCUT2D eigenvalue weighted by Gasteiger charge is -2.37. The molecule has 0 unspecified atom stereocenters. The molecule has 2 fully saturated rings. The van der Waals surface area contributed by atoms with Crippen molar-refractivity contribution in [2.45, 2.75) is 32.2 Å². The molecule has 166 valence electrons. The van der Waals surface area contributed by atoms with E-state index < -0.39 is 0 Å². The maximum absolute atomic E-state index is 12.6. The highest BCUT2D eigenvalue weighted by Gasteiger charge is 2.26. The Hall–Kier alpha value is -2.32. The van der Waals surface area contributed by atoms with Crippen molar-refractivity contribution in [3.05, 3.63) is 18.2 Å². The minimum absolute atomic E-state index is 0.0896. The topological polar surface area (TPSA) is 74.4 Å². The van der Waals surface area contributed by atoms with Crippen LogP contribution in [0.4, 0.5) is 5.69 Å². The van der Waals surface area contributed by atoms with Crippen LogP contribution in [0.1, 0.15) is 26.2 Å². The summed E-state index contributed by atoms with van der Waals surface area (Å²) < 4.78 is 10.5. The average molecular weight is 419 g/mol. The van der Waals surface area contributed by atoms with E-state index in [0.29, 0.717) is 36.3 Å². The quantitative estimate of drug-likeness (QED) is 0.726. The Balaban J connectivity index is 1.44. The van der Waals surface area contributed by atoms with Gasteiger partial charge in [0.2, 0.25) is 11.8 Å². The fourth-order valence-electron chi connectivity index (χ4n) is 4.16. The van der Waals surface area contributed by atoms with Crippen LogP contribution in [0, 0.1) is 0 Å². The third-order valence-electron chi connectivity index (χ3n) is 6.00. The minimum Gasteiger partial charge on any atom is -0.497 e. The zero-order valence-corrected chi connectivity index (χ0v) is 18.4. The highest BCUT2D eigenvalue weighted by Crippen LogP contribution is 2.28. The largest absolute Gasteiger partial charge is 0.497 e. The Morgan fingerprint density at radius 1 is 1.00 bits per heavy atom. The van der Waals surface area contributed by atoms with E-state index in [1.165, 1.54) is 6.42 Å². The highest BCUT2D eigenvalue weighted by atomic mass is 16.5. The fraction of sp³-hybridized carbons (Fsp3) is 0.636. The lowest BCUT2D eigenvalue weighted by molar-refractivity contribution is -0.136. The summed E-state index contributed by atoms with van der Waals surface area (Å²) in [6.07, 6.45) is 3.43. The molecule has 8 nitrogen and oxygen atoms in total. The first kappa shape index (κ1) is 22.4. The number of piperazine rings is 1. The van der Waals surface area contributed by atoms with E-state index in [1.807, 2.05) is 4.90 Å². The van der Waals surface area contributed by atoms with Crippen LogP contribution in [0.15, 0.2) is 18.2 Å². The molecule has 1 N–H and O–H groups in total. The first-order chi connectivity index (χ1) is 14.5. The Bertz CT molecular complexity index is 734. The zero-order valence-electron chi connectivity index (χ0n) is 18.4. The molecule has 0 aromatic heterocycles. The number of carbonyl (C=O) groups excluding carboxylic acids is 2. The van der Waals surface area contributed by atoms with Crippen molar-refractivity contribution in [1.29, 1.82) is 0 Å². The van der Waals surface area contributed by atoms with Crippen LogP contribution < -0.4 is 14.8 Å². The molecule has 2 aliphatic heterocycles. The standard InChI is InChI=1S/C22H34N4O4/c1-17-6-4-5-9-26(17)22(28)16-25-12-10-24(11-13-25)15-21(27)23-19-14-18(29-2)7-8-20(19)30-3/h7-8,14,17H,4-6,9-13,15-16H2,1-3H3,(H,23,27)/t17-/m0/s1. The summed E-state index contributed by atoms with van der Waals surface area (Å²) in [5, 5.41) is 2.91. The number of nitrogens with one attached hydrogen (secondary N) is 1. The average Bonchev–Trinajstić information content (AvgIpc) is 2.75. The summed E-state index contributed by atoms with van der Waals surface area (Å²) in [4.78, 5) is 31.5. The number of likely N-dealkylation sites (tertiary alicyclic amines) is 1. The summed E-state index contributed by atoms with van der Waals surface area (Å²) in [7, 11) is 3.16. The number of piperidine rings is 1. The van der Waals surface area contributed by atoms with Crippen LogP contribution in [-0.2, 0) is 9.59 Å². The van der Waals surface area contributed by atoms with Gasteiger partial charge < -0.3 is 19.7 Å². The maximum atomic E-state index is 12.6. The van der Waals surface area contributed by atoms with E-state index in [0.717, 1.165) is 45.6 Å². The number of benzene rings is 1. The molecule has 0 saturated carbocycles. The molecule has 8 heteroatoms. The zero-order chi connectivity index (χ0) is 21.5. The predicted molar refractivity (Wildman–Crippen MR) is 116 cm³/mol. The molecule has 0 aliphatic carbocycles. The summed E-state index contributed by atoms with van der Waals surface area (Å²) in [6.45, 7) is 6.94. The first-order valence-corrected chi connectivity index (χ1v) is 10.8. The van der Waals surface area contributed by atoms with Gasteiger partial charge >= 0.3 is 0 Å².